The van der Waals surface area contributed by atoms with Gasteiger partial charge in [0.15, 0.2) is 0 Å². The molecule has 1 aromatic rings. The molecule has 0 radical (unpaired) electrons. The van der Waals surface area contributed by atoms with Crippen LogP contribution in [0.15, 0.2) is 23.1 Å². The topological polar surface area (TPSA) is 102 Å². The van der Waals surface area contributed by atoms with E-state index in [1.54, 1.807) is 0 Å². The van der Waals surface area contributed by atoms with E-state index in [0.717, 1.165) is 4.31 Å². The van der Waals surface area contributed by atoms with Crippen LogP contribution in [0.25, 0.3) is 0 Å². The Bertz CT molecular complexity index is 547. The van der Waals surface area contributed by atoms with Crippen molar-refractivity contribution in [2.24, 2.45) is 0 Å². The van der Waals surface area contributed by atoms with Crippen LogP contribution >= 0.6 is 0 Å². The Labute approximate surface area is 119 Å². The van der Waals surface area contributed by atoms with Gasteiger partial charge in [0.2, 0.25) is 10.0 Å². The minimum absolute atomic E-state index is 0.0444. The number of anilines is 1. The molecule has 114 valence electrons. The third-order valence-electron chi connectivity index (χ3n) is 2.74. The molecule has 0 heterocycles. The summed E-state index contributed by atoms with van der Waals surface area (Å²) in [6.45, 7) is -0.00722. The van der Waals surface area contributed by atoms with E-state index in [-0.39, 0.29) is 23.7 Å². The summed E-state index contributed by atoms with van der Waals surface area (Å²) in [5.41, 5.74) is 5.94. The highest BCUT2D eigenvalue weighted by Gasteiger charge is 2.23. The Morgan fingerprint density at radius 2 is 2.05 bits per heavy atom. The molecule has 3 N–H and O–H groups in total. The number of nitrogens with zero attached hydrogens (tertiary/aromatic N) is 1. The van der Waals surface area contributed by atoms with E-state index in [2.05, 4.69) is 0 Å². The van der Waals surface area contributed by atoms with Gasteiger partial charge in [-0.3, -0.25) is 0 Å². The van der Waals surface area contributed by atoms with Crippen molar-refractivity contribution in [2.45, 2.75) is 11.0 Å². The van der Waals surface area contributed by atoms with Crippen molar-refractivity contribution in [1.29, 1.82) is 0 Å². The molecule has 0 amide bonds. The fourth-order valence-electron chi connectivity index (χ4n) is 1.69. The summed E-state index contributed by atoms with van der Waals surface area (Å²) >= 11 is 0. The van der Waals surface area contributed by atoms with Gasteiger partial charge in [0.25, 0.3) is 0 Å². The molecule has 0 aliphatic carbocycles. The minimum Gasteiger partial charge on any atom is -0.495 e. The summed E-state index contributed by atoms with van der Waals surface area (Å²) in [5, 5.41) is 9.59. The second-order valence-corrected chi connectivity index (χ2v) is 6.34. The first-order valence-electron chi connectivity index (χ1n) is 5.89. The summed E-state index contributed by atoms with van der Waals surface area (Å²) in [6.07, 6.45) is -0.893. The van der Waals surface area contributed by atoms with Crippen LogP contribution in [0.4, 0.5) is 5.69 Å². The molecule has 1 aromatic carbocycles. The molecule has 0 aromatic heterocycles. The highest BCUT2D eigenvalue weighted by atomic mass is 32.2. The zero-order chi connectivity index (χ0) is 15.3. The molecule has 0 aliphatic rings. The number of hydrogen-bond acceptors (Lipinski definition) is 6. The van der Waals surface area contributed by atoms with E-state index < -0.39 is 16.1 Å². The monoisotopic (exact) mass is 304 g/mol. The van der Waals surface area contributed by atoms with Crippen molar-refractivity contribution in [3.8, 4) is 5.75 Å². The van der Waals surface area contributed by atoms with Gasteiger partial charge in [0.05, 0.1) is 30.4 Å². The maximum Gasteiger partial charge on any atom is 0.242 e. The highest BCUT2D eigenvalue weighted by molar-refractivity contribution is 7.89. The van der Waals surface area contributed by atoms with E-state index in [0.29, 0.717) is 5.75 Å². The van der Waals surface area contributed by atoms with Gasteiger partial charge in [-0.05, 0) is 18.2 Å². The maximum atomic E-state index is 12.3. The Hall–Kier alpha value is -1.35. The first-order chi connectivity index (χ1) is 9.32. The Morgan fingerprint density at radius 3 is 2.55 bits per heavy atom. The first-order valence-corrected chi connectivity index (χ1v) is 7.33. The molecule has 7 nitrogen and oxygen atoms in total. The van der Waals surface area contributed by atoms with Gasteiger partial charge in [-0.15, -0.1) is 0 Å². The Morgan fingerprint density at radius 1 is 1.40 bits per heavy atom. The molecular formula is C12H20N2O5S. The molecule has 0 saturated carbocycles. The van der Waals surface area contributed by atoms with Crippen molar-refractivity contribution in [3.05, 3.63) is 18.2 Å². The van der Waals surface area contributed by atoms with E-state index in [1.807, 2.05) is 0 Å². The van der Waals surface area contributed by atoms with E-state index in [9.17, 15) is 13.5 Å². The number of nitrogen functional groups attached to an aromatic ring is 1. The van der Waals surface area contributed by atoms with Crippen LogP contribution in [0.3, 0.4) is 0 Å². The van der Waals surface area contributed by atoms with Gasteiger partial charge < -0.3 is 20.3 Å². The number of nitrogens with two attached hydrogens (primary N) is 1. The fourth-order valence-corrected chi connectivity index (χ4v) is 2.94. The third kappa shape index (κ3) is 3.83. The van der Waals surface area contributed by atoms with E-state index in [1.165, 1.54) is 39.5 Å². The first kappa shape index (κ1) is 16.7. The molecule has 0 fully saturated rings. The molecule has 0 saturated heterocycles. The number of methoxy groups -OCH3 is 2. The second kappa shape index (κ2) is 6.89. The van der Waals surface area contributed by atoms with E-state index >= 15 is 0 Å². The zero-order valence-corrected chi connectivity index (χ0v) is 12.6. The number of benzene rings is 1. The number of aliphatic hydroxyl groups is 1. The molecule has 1 atom stereocenters. The smallest absolute Gasteiger partial charge is 0.242 e. The predicted molar refractivity (Wildman–Crippen MR) is 75.1 cm³/mol. The lowest BCUT2D eigenvalue weighted by molar-refractivity contribution is 0.0554. The van der Waals surface area contributed by atoms with Crippen LogP contribution in [-0.2, 0) is 14.8 Å². The molecule has 1 rings (SSSR count). The SMILES string of the molecule is COCC(O)CN(C)S(=O)(=O)c1ccc(OC)c(N)c1. The summed E-state index contributed by atoms with van der Waals surface area (Å²) in [5.74, 6) is 0.408. The molecule has 0 aliphatic heterocycles. The van der Waals surface area contributed by atoms with Crippen molar-refractivity contribution in [2.75, 3.05) is 40.2 Å². The van der Waals surface area contributed by atoms with Crippen molar-refractivity contribution < 1.29 is 23.0 Å². The van der Waals surface area contributed by atoms with Crippen LogP contribution in [0.2, 0.25) is 0 Å². The normalized spacial score (nSPS) is 13.4. The number of ether oxygens (including phenoxy) is 2. The maximum absolute atomic E-state index is 12.3. The standard InChI is InChI=1S/C12H20N2O5S/c1-14(7-9(15)8-18-2)20(16,17)10-4-5-12(19-3)11(13)6-10/h4-6,9,15H,7-8,13H2,1-3H3. The molecule has 1 unspecified atom stereocenters. The highest BCUT2D eigenvalue weighted by Crippen LogP contribution is 2.25. The average Bonchev–Trinajstić information content (AvgIpc) is 2.38. The van der Waals surface area contributed by atoms with Gasteiger partial charge in [-0.2, -0.15) is 4.31 Å². The Kier molecular flexibility index (Phi) is 5.75. The summed E-state index contributed by atoms with van der Waals surface area (Å²) in [6, 6.07) is 4.22. The predicted octanol–water partition coefficient (Wildman–Crippen LogP) is -0.0948. The molecule has 0 bridgehead atoms. The molecule has 0 spiro atoms. The lowest BCUT2D eigenvalue weighted by Gasteiger charge is -2.20. The van der Waals surface area contributed by atoms with Gasteiger partial charge in [-0.1, -0.05) is 0 Å². The lowest BCUT2D eigenvalue weighted by atomic mass is 10.3. The molecule has 20 heavy (non-hydrogen) atoms. The van der Waals surface area contributed by atoms with E-state index in [4.69, 9.17) is 15.2 Å². The number of likely N-dealkylation sites (N-methyl/N-ethyl adjacent to an activating group) is 1. The Balaban J connectivity index is 2.95. The third-order valence-corrected chi connectivity index (χ3v) is 4.56. The van der Waals surface area contributed by atoms with Gasteiger partial charge in [0.1, 0.15) is 5.75 Å². The van der Waals surface area contributed by atoms with Crippen LogP contribution in [0.1, 0.15) is 0 Å². The second-order valence-electron chi connectivity index (χ2n) is 4.30. The lowest BCUT2D eigenvalue weighted by Crippen LogP contribution is -2.36. The zero-order valence-electron chi connectivity index (χ0n) is 11.7. The fraction of sp³-hybridized carbons (Fsp3) is 0.500. The minimum atomic E-state index is -3.72. The van der Waals surface area contributed by atoms with Crippen molar-refractivity contribution in [3.63, 3.8) is 0 Å². The van der Waals surface area contributed by atoms with Crippen LogP contribution in [-0.4, -0.2) is 58.4 Å². The van der Waals surface area contributed by atoms with Gasteiger partial charge in [0, 0.05) is 20.7 Å². The number of hydrogen-bond donors (Lipinski definition) is 2. The largest absolute Gasteiger partial charge is 0.495 e. The number of aliphatic hydroxyl groups excluding tert-OH is 1. The molecular weight excluding hydrogens is 284 g/mol. The van der Waals surface area contributed by atoms with Crippen molar-refractivity contribution in [1.82, 2.24) is 4.31 Å². The quantitative estimate of drug-likeness (QED) is 0.682. The number of sulfonamides is 1. The van der Waals surface area contributed by atoms with Gasteiger partial charge >= 0.3 is 0 Å². The van der Waals surface area contributed by atoms with Crippen LogP contribution in [0.5, 0.6) is 5.75 Å². The average molecular weight is 304 g/mol. The summed E-state index contributed by atoms with van der Waals surface area (Å²) in [4.78, 5) is 0.0444. The number of rotatable bonds is 7. The van der Waals surface area contributed by atoms with Crippen LogP contribution in [0, 0.1) is 0 Å². The summed E-state index contributed by atoms with van der Waals surface area (Å²) in [7, 11) is 0.550. The van der Waals surface area contributed by atoms with Crippen LogP contribution < -0.4 is 10.5 Å². The molecule has 8 heteroatoms. The summed E-state index contributed by atoms with van der Waals surface area (Å²) < 4.78 is 35.4. The van der Waals surface area contributed by atoms with Gasteiger partial charge in [-0.25, -0.2) is 8.42 Å². The van der Waals surface area contributed by atoms with Crippen molar-refractivity contribution >= 4 is 15.7 Å².